The molecule has 2 saturated heterocycles. The molecule has 0 radical (unpaired) electrons. The third-order valence-electron chi connectivity index (χ3n) is 5.53. The Morgan fingerprint density at radius 1 is 1.22 bits per heavy atom. The number of hydrogen-bond donors (Lipinski definition) is 0. The third-order valence-corrected chi connectivity index (χ3v) is 5.53. The summed E-state index contributed by atoms with van der Waals surface area (Å²) in [4.78, 5) is 20.9. The summed E-state index contributed by atoms with van der Waals surface area (Å²) in [5, 5.41) is 0. The average molecular weight is 371 g/mol. The van der Waals surface area contributed by atoms with Crippen LogP contribution in [0.15, 0.2) is 23.2 Å². The number of morpholine rings is 1. The fourth-order valence-corrected chi connectivity index (χ4v) is 4.01. The highest BCUT2D eigenvalue weighted by Crippen LogP contribution is 2.34. The predicted molar refractivity (Wildman–Crippen MR) is 104 cm³/mol. The number of nitrogens with zero attached hydrogens (tertiary/aromatic N) is 3. The third kappa shape index (κ3) is 4.01. The Kier molecular flexibility index (Phi) is 4.72. The molecule has 0 aliphatic carbocycles. The lowest BCUT2D eigenvalue weighted by atomic mass is 9.94. The number of piperazine rings is 1. The Bertz CT molecular complexity index is 750. The predicted octanol–water partition coefficient (Wildman–Crippen LogP) is 3.11. The van der Waals surface area contributed by atoms with Crippen molar-refractivity contribution in [2.45, 2.75) is 51.5 Å². The normalized spacial score (nSPS) is 28.0. The van der Waals surface area contributed by atoms with E-state index in [0.717, 1.165) is 13.1 Å². The van der Waals surface area contributed by atoms with E-state index in [1.807, 2.05) is 31.9 Å². The molecule has 146 valence electrons. The lowest BCUT2D eigenvalue weighted by Gasteiger charge is -2.46. The molecule has 1 aromatic rings. The molecule has 3 atom stereocenters. The van der Waals surface area contributed by atoms with Crippen LogP contribution in [0.5, 0.6) is 0 Å². The summed E-state index contributed by atoms with van der Waals surface area (Å²) in [6.45, 7) is 11.6. The molecule has 3 aliphatic rings. The van der Waals surface area contributed by atoms with Crippen molar-refractivity contribution in [3.63, 3.8) is 0 Å². The maximum absolute atomic E-state index is 12.4. The first kappa shape index (κ1) is 18.4. The minimum absolute atomic E-state index is 0.0769. The van der Waals surface area contributed by atoms with Crippen LogP contribution in [-0.4, -0.2) is 66.5 Å². The first-order valence-corrected chi connectivity index (χ1v) is 9.78. The number of hydrogen-bond acceptors (Lipinski definition) is 5. The topological polar surface area (TPSA) is 54.4 Å². The molecule has 0 saturated carbocycles. The summed E-state index contributed by atoms with van der Waals surface area (Å²) < 4.78 is 11.8. The fourth-order valence-electron chi connectivity index (χ4n) is 4.01. The number of aliphatic imine (C=N–C) groups is 1. The van der Waals surface area contributed by atoms with Gasteiger partial charge in [0.05, 0.1) is 18.8 Å². The summed E-state index contributed by atoms with van der Waals surface area (Å²) in [6, 6.07) is 6.93. The van der Waals surface area contributed by atoms with Crippen LogP contribution in [0.4, 0.5) is 4.79 Å². The fraction of sp³-hybridized carbons (Fsp3) is 0.619. The van der Waals surface area contributed by atoms with E-state index in [-0.39, 0.29) is 24.3 Å². The highest BCUT2D eigenvalue weighted by atomic mass is 16.6. The van der Waals surface area contributed by atoms with Crippen molar-refractivity contribution in [1.82, 2.24) is 9.80 Å². The van der Waals surface area contributed by atoms with Gasteiger partial charge in [0.2, 0.25) is 0 Å². The summed E-state index contributed by atoms with van der Waals surface area (Å²) in [6.07, 6.45) is 1.84. The molecule has 6 heteroatoms. The molecule has 1 aromatic carbocycles. The Morgan fingerprint density at radius 2 is 1.96 bits per heavy atom. The molecule has 0 N–H and O–H groups in total. The zero-order valence-electron chi connectivity index (χ0n) is 16.6. The minimum atomic E-state index is -0.462. The zero-order valence-corrected chi connectivity index (χ0v) is 16.6. The maximum Gasteiger partial charge on any atom is 0.410 e. The van der Waals surface area contributed by atoms with Crippen LogP contribution in [-0.2, 0) is 9.47 Å². The summed E-state index contributed by atoms with van der Waals surface area (Å²) >= 11 is 0. The molecule has 0 bridgehead atoms. The number of rotatable bonds is 2. The maximum atomic E-state index is 12.4. The van der Waals surface area contributed by atoms with Crippen LogP contribution in [0.3, 0.4) is 0 Å². The molecule has 4 rings (SSSR count). The van der Waals surface area contributed by atoms with Gasteiger partial charge in [-0.3, -0.25) is 9.89 Å². The van der Waals surface area contributed by atoms with Gasteiger partial charge >= 0.3 is 6.09 Å². The number of carbonyl (C=O) groups is 1. The highest BCUT2D eigenvalue weighted by Gasteiger charge is 2.37. The van der Waals surface area contributed by atoms with Crippen molar-refractivity contribution in [2.75, 3.05) is 32.8 Å². The van der Waals surface area contributed by atoms with Crippen molar-refractivity contribution in [1.29, 1.82) is 0 Å². The van der Waals surface area contributed by atoms with E-state index in [1.165, 1.54) is 16.7 Å². The van der Waals surface area contributed by atoms with Gasteiger partial charge in [-0.2, -0.15) is 0 Å². The molecule has 0 spiro atoms. The van der Waals surface area contributed by atoms with E-state index in [2.05, 4.69) is 35.0 Å². The molecule has 3 aliphatic heterocycles. The summed E-state index contributed by atoms with van der Waals surface area (Å²) in [5.41, 5.74) is 3.37. The van der Waals surface area contributed by atoms with Crippen LogP contribution in [0, 0.1) is 6.92 Å². The number of ether oxygens (including phenoxy) is 2. The van der Waals surface area contributed by atoms with Gasteiger partial charge in [-0.25, -0.2) is 4.79 Å². The van der Waals surface area contributed by atoms with E-state index in [4.69, 9.17) is 9.47 Å². The van der Waals surface area contributed by atoms with E-state index in [0.29, 0.717) is 19.7 Å². The lowest BCUT2D eigenvalue weighted by molar-refractivity contribution is -0.0908. The van der Waals surface area contributed by atoms with E-state index >= 15 is 0 Å². The second-order valence-corrected chi connectivity index (χ2v) is 8.70. The largest absolute Gasteiger partial charge is 0.444 e. The second kappa shape index (κ2) is 6.91. The molecule has 6 nitrogen and oxygen atoms in total. The Labute approximate surface area is 161 Å². The van der Waals surface area contributed by atoms with Crippen LogP contribution >= 0.6 is 0 Å². The van der Waals surface area contributed by atoms with Crippen molar-refractivity contribution in [3.8, 4) is 0 Å². The van der Waals surface area contributed by atoms with Crippen molar-refractivity contribution >= 4 is 12.3 Å². The van der Waals surface area contributed by atoms with Crippen molar-refractivity contribution < 1.29 is 14.3 Å². The minimum Gasteiger partial charge on any atom is -0.444 e. The highest BCUT2D eigenvalue weighted by molar-refractivity contribution is 5.80. The number of amides is 1. The van der Waals surface area contributed by atoms with Crippen LogP contribution in [0.2, 0.25) is 0 Å². The number of fused-ring (bicyclic) bond motifs is 1. The summed E-state index contributed by atoms with van der Waals surface area (Å²) in [5.74, 6) is 0. The monoisotopic (exact) mass is 371 g/mol. The van der Waals surface area contributed by atoms with Gasteiger partial charge in [0, 0.05) is 32.4 Å². The zero-order chi connectivity index (χ0) is 19.2. The van der Waals surface area contributed by atoms with Gasteiger partial charge in [0.1, 0.15) is 11.6 Å². The molecule has 1 unspecified atom stereocenters. The Hall–Kier alpha value is -1.92. The first-order valence-electron chi connectivity index (χ1n) is 9.78. The summed E-state index contributed by atoms with van der Waals surface area (Å²) in [7, 11) is 0. The van der Waals surface area contributed by atoms with Crippen LogP contribution < -0.4 is 0 Å². The Balaban J connectivity index is 1.40. The van der Waals surface area contributed by atoms with E-state index in [1.54, 1.807) is 0 Å². The van der Waals surface area contributed by atoms with Gasteiger partial charge in [-0.15, -0.1) is 0 Å². The van der Waals surface area contributed by atoms with Crippen LogP contribution in [0.1, 0.15) is 49.6 Å². The van der Waals surface area contributed by atoms with E-state index < -0.39 is 5.60 Å². The van der Waals surface area contributed by atoms with Crippen molar-refractivity contribution in [3.05, 3.63) is 34.9 Å². The molecule has 0 aromatic heterocycles. The van der Waals surface area contributed by atoms with Gasteiger partial charge in [-0.05, 0) is 44.4 Å². The molecule has 3 heterocycles. The quantitative estimate of drug-likeness (QED) is 0.802. The molecular formula is C21H29N3O3. The van der Waals surface area contributed by atoms with E-state index in [9.17, 15) is 4.79 Å². The average Bonchev–Trinajstić information content (AvgIpc) is 3.44. The molecule has 2 fully saturated rings. The molecular weight excluding hydrogens is 342 g/mol. The SMILES string of the molecule is Cc1c(C2C=N2)cccc1[C@H]1CN2CCN(C(=O)OC(C)(C)C)C[C@H]2CO1. The van der Waals surface area contributed by atoms with Crippen LogP contribution in [0.25, 0.3) is 0 Å². The van der Waals surface area contributed by atoms with Gasteiger partial charge < -0.3 is 14.4 Å². The standard InChI is InChI=1S/C21H29N3O3/c1-14-16(18-10-22-18)6-5-7-17(14)19-12-23-8-9-24(11-15(23)13-26-19)20(25)27-21(2,3)4/h5-7,10,15,18-19H,8-9,11-13H2,1-4H3/t15-,18?,19+/m0/s1. The molecule has 1 amide bonds. The van der Waals surface area contributed by atoms with Crippen molar-refractivity contribution in [2.24, 2.45) is 4.99 Å². The first-order chi connectivity index (χ1) is 12.8. The van der Waals surface area contributed by atoms with Gasteiger partial charge in [0.15, 0.2) is 0 Å². The smallest absolute Gasteiger partial charge is 0.410 e. The van der Waals surface area contributed by atoms with Gasteiger partial charge in [-0.1, -0.05) is 18.2 Å². The lowest BCUT2D eigenvalue weighted by Crippen LogP contribution is -2.60. The molecule has 27 heavy (non-hydrogen) atoms. The van der Waals surface area contributed by atoms with Gasteiger partial charge in [0.25, 0.3) is 0 Å². The second-order valence-electron chi connectivity index (χ2n) is 8.70. The number of carbonyl (C=O) groups excluding carboxylic acids is 1. The number of benzene rings is 1. The Morgan fingerprint density at radius 3 is 2.67 bits per heavy atom.